The third kappa shape index (κ3) is 5.26. The van der Waals surface area contributed by atoms with Gasteiger partial charge in [-0.05, 0) is 23.6 Å². The van der Waals surface area contributed by atoms with Crippen molar-refractivity contribution in [2.45, 2.75) is 20.5 Å². The molecule has 98 valence electrons. The second-order valence-electron chi connectivity index (χ2n) is 4.45. The van der Waals surface area contributed by atoms with Crippen molar-refractivity contribution in [2.75, 3.05) is 19.8 Å². The highest BCUT2D eigenvalue weighted by Crippen LogP contribution is 2.10. The lowest BCUT2D eigenvalue weighted by Crippen LogP contribution is -2.08. The second-order valence-corrected chi connectivity index (χ2v) is 4.45. The van der Waals surface area contributed by atoms with Gasteiger partial charge in [-0.2, -0.15) is 5.26 Å². The fourth-order valence-electron chi connectivity index (χ4n) is 1.37. The lowest BCUT2D eigenvalue weighted by molar-refractivity contribution is 0.0314. The monoisotopic (exact) mass is 251 g/mol. The Morgan fingerprint density at radius 2 is 2.00 bits per heavy atom. The van der Waals surface area contributed by atoms with Crippen molar-refractivity contribution < 1.29 is 13.9 Å². The number of rotatable bonds is 7. The summed E-state index contributed by atoms with van der Waals surface area (Å²) >= 11 is 0. The highest BCUT2D eigenvalue weighted by atomic mass is 19.1. The van der Waals surface area contributed by atoms with Crippen LogP contribution < -0.4 is 0 Å². The summed E-state index contributed by atoms with van der Waals surface area (Å²) in [5.74, 6) is 0.0156. The molecule has 0 spiro atoms. The lowest BCUT2D eigenvalue weighted by Gasteiger charge is -2.08. The quantitative estimate of drug-likeness (QED) is 0.700. The van der Waals surface area contributed by atoms with E-state index in [1.807, 2.05) is 0 Å². The molecule has 3 nitrogen and oxygen atoms in total. The van der Waals surface area contributed by atoms with E-state index in [-0.39, 0.29) is 5.56 Å². The zero-order valence-corrected chi connectivity index (χ0v) is 10.8. The number of ether oxygens (including phenoxy) is 2. The van der Waals surface area contributed by atoms with Gasteiger partial charge >= 0.3 is 0 Å². The number of halogens is 1. The zero-order valence-electron chi connectivity index (χ0n) is 10.8. The molecule has 1 rings (SSSR count). The van der Waals surface area contributed by atoms with Gasteiger partial charge in [-0.15, -0.1) is 0 Å². The SMILES string of the molecule is CC(C)COCCOCc1ccc(F)c(C#N)c1. The summed E-state index contributed by atoms with van der Waals surface area (Å²) in [5.41, 5.74) is 0.837. The molecule has 0 bridgehead atoms. The molecule has 0 fully saturated rings. The van der Waals surface area contributed by atoms with Gasteiger partial charge in [0, 0.05) is 6.61 Å². The molecule has 0 aliphatic heterocycles. The fourth-order valence-corrected chi connectivity index (χ4v) is 1.37. The Kier molecular flexibility index (Phi) is 6.34. The van der Waals surface area contributed by atoms with Gasteiger partial charge in [0.1, 0.15) is 11.9 Å². The van der Waals surface area contributed by atoms with E-state index in [0.717, 1.165) is 12.2 Å². The van der Waals surface area contributed by atoms with Crippen molar-refractivity contribution in [3.05, 3.63) is 35.1 Å². The van der Waals surface area contributed by atoms with Gasteiger partial charge in [0.05, 0.1) is 25.4 Å². The molecule has 0 aromatic heterocycles. The second kappa shape index (κ2) is 7.80. The Labute approximate surface area is 107 Å². The van der Waals surface area contributed by atoms with Crippen LogP contribution in [0.25, 0.3) is 0 Å². The summed E-state index contributed by atoms with van der Waals surface area (Å²) in [6.45, 7) is 6.29. The molecular weight excluding hydrogens is 233 g/mol. The van der Waals surface area contributed by atoms with E-state index in [1.165, 1.54) is 12.1 Å². The number of hydrogen-bond acceptors (Lipinski definition) is 3. The van der Waals surface area contributed by atoms with E-state index in [2.05, 4.69) is 13.8 Å². The maximum Gasteiger partial charge on any atom is 0.140 e. The largest absolute Gasteiger partial charge is 0.379 e. The van der Waals surface area contributed by atoms with Gasteiger partial charge in [-0.3, -0.25) is 0 Å². The van der Waals surface area contributed by atoms with E-state index in [1.54, 1.807) is 12.1 Å². The van der Waals surface area contributed by atoms with Crippen LogP contribution in [0.1, 0.15) is 25.0 Å². The molecule has 0 aliphatic rings. The third-order valence-corrected chi connectivity index (χ3v) is 2.24. The molecule has 0 atom stereocenters. The molecule has 18 heavy (non-hydrogen) atoms. The minimum atomic E-state index is -0.499. The Bertz CT molecular complexity index is 413. The van der Waals surface area contributed by atoms with Crippen LogP contribution in [-0.4, -0.2) is 19.8 Å². The predicted molar refractivity (Wildman–Crippen MR) is 66.4 cm³/mol. The molecule has 0 amide bonds. The first-order valence-corrected chi connectivity index (χ1v) is 5.97. The lowest BCUT2D eigenvalue weighted by atomic mass is 10.1. The standard InChI is InChI=1S/C14H18FNO2/c1-11(2)9-17-5-6-18-10-12-3-4-14(15)13(7-12)8-16/h3-4,7,11H,5-6,9-10H2,1-2H3. The van der Waals surface area contributed by atoms with Gasteiger partial charge in [-0.1, -0.05) is 19.9 Å². The maximum atomic E-state index is 13.1. The van der Waals surface area contributed by atoms with Gasteiger partial charge in [-0.25, -0.2) is 4.39 Å². The number of benzene rings is 1. The smallest absolute Gasteiger partial charge is 0.140 e. The molecule has 1 aromatic rings. The van der Waals surface area contributed by atoms with Crippen molar-refractivity contribution in [2.24, 2.45) is 5.92 Å². The van der Waals surface area contributed by atoms with Crippen molar-refractivity contribution in [1.29, 1.82) is 5.26 Å². The molecule has 4 heteroatoms. The first-order chi connectivity index (χ1) is 8.63. The first-order valence-electron chi connectivity index (χ1n) is 5.97. The molecular formula is C14H18FNO2. The third-order valence-electron chi connectivity index (χ3n) is 2.24. The van der Waals surface area contributed by atoms with Crippen molar-refractivity contribution >= 4 is 0 Å². The minimum Gasteiger partial charge on any atom is -0.379 e. The van der Waals surface area contributed by atoms with Crippen LogP contribution >= 0.6 is 0 Å². The highest BCUT2D eigenvalue weighted by Gasteiger charge is 2.02. The molecule has 0 saturated heterocycles. The first kappa shape index (κ1) is 14.6. The Balaban J connectivity index is 2.26. The van der Waals surface area contributed by atoms with Crippen molar-refractivity contribution in [3.8, 4) is 6.07 Å². The van der Waals surface area contributed by atoms with E-state index in [0.29, 0.717) is 25.7 Å². The molecule has 0 radical (unpaired) electrons. The van der Waals surface area contributed by atoms with E-state index < -0.39 is 5.82 Å². The molecule has 0 aliphatic carbocycles. The molecule has 0 unspecified atom stereocenters. The molecule has 0 saturated carbocycles. The molecule has 0 N–H and O–H groups in total. The minimum absolute atomic E-state index is 0.0483. The van der Waals surface area contributed by atoms with Crippen LogP contribution in [0, 0.1) is 23.1 Å². The number of nitriles is 1. The maximum absolute atomic E-state index is 13.1. The zero-order chi connectivity index (χ0) is 13.4. The average Bonchev–Trinajstić information content (AvgIpc) is 2.35. The average molecular weight is 251 g/mol. The van der Waals surface area contributed by atoms with Gasteiger partial charge in [0.2, 0.25) is 0 Å². The normalized spacial score (nSPS) is 10.6. The van der Waals surface area contributed by atoms with Gasteiger partial charge < -0.3 is 9.47 Å². The summed E-state index contributed by atoms with van der Waals surface area (Å²) in [4.78, 5) is 0. The van der Waals surface area contributed by atoms with E-state index >= 15 is 0 Å². The molecule has 0 heterocycles. The van der Waals surface area contributed by atoms with Gasteiger partial charge in [0.15, 0.2) is 0 Å². The summed E-state index contributed by atoms with van der Waals surface area (Å²) in [6, 6.07) is 6.21. The highest BCUT2D eigenvalue weighted by molar-refractivity contribution is 5.34. The molecule has 1 aromatic carbocycles. The van der Waals surface area contributed by atoms with Crippen LogP contribution in [0.5, 0.6) is 0 Å². The number of nitrogens with zero attached hydrogens (tertiary/aromatic N) is 1. The van der Waals surface area contributed by atoms with Crippen molar-refractivity contribution in [3.63, 3.8) is 0 Å². The van der Waals surface area contributed by atoms with Crippen molar-refractivity contribution in [1.82, 2.24) is 0 Å². The van der Waals surface area contributed by atoms with Crippen LogP contribution in [0.4, 0.5) is 4.39 Å². The summed E-state index contributed by atoms with van der Waals surface area (Å²) < 4.78 is 23.8. The van der Waals surface area contributed by atoms with E-state index in [9.17, 15) is 4.39 Å². The fraction of sp³-hybridized carbons (Fsp3) is 0.500. The summed E-state index contributed by atoms with van der Waals surface area (Å²) in [6.07, 6.45) is 0. The topological polar surface area (TPSA) is 42.2 Å². The Morgan fingerprint density at radius 1 is 1.28 bits per heavy atom. The Morgan fingerprint density at radius 3 is 2.67 bits per heavy atom. The summed E-state index contributed by atoms with van der Waals surface area (Å²) in [5, 5.41) is 8.69. The van der Waals surface area contributed by atoms with Gasteiger partial charge in [0.25, 0.3) is 0 Å². The number of hydrogen-bond donors (Lipinski definition) is 0. The van der Waals surface area contributed by atoms with Crippen LogP contribution in [0.3, 0.4) is 0 Å². The van der Waals surface area contributed by atoms with Crippen LogP contribution in [-0.2, 0) is 16.1 Å². The predicted octanol–water partition coefficient (Wildman–Crippen LogP) is 2.89. The van der Waals surface area contributed by atoms with Crippen LogP contribution in [0.15, 0.2) is 18.2 Å². The Hall–Kier alpha value is -1.44. The van der Waals surface area contributed by atoms with Crippen LogP contribution in [0.2, 0.25) is 0 Å². The van der Waals surface area contributed by atoms with E-state index in [4.69, 9.17) is 14.7 Å². The summed E-state index contributed by atoms with van der Waals surface area (Å²) in [7, 11) is 0.